The second-order valence-electron chi connectivity index (χ2n) is 5.22. The Labute approximate surface area is 134 Å². The second kappa shape index (κ2) is 6.21. The predicted molar refractivity (Wildman–Crippen MR) is 87.6 cm³/mol. The average molecular weight is 328 g/mol. The Balaban J connectivity index is 1.82. The summed E-state index contributed by atoms with van der Waals surface area (Å²) in [7, 11) is -3.60. The van der Waals surface area contributed by atoms with E-state index in [0.717, 1.165) is 11.1 Å². The highest BCUT2D eigenvalue weighted by Gasteiger charge is 2.14. The maximum absolute atomic E-state index is 12.4. The molecule has 1 heterocycles. The van der Waals surface area contributed by atoms with Crippen LogP contribution in [0.15, 0.2) is 66.1 Å². The highest BCUT2D eigenvalue weighted by Crippen LogP contribution is 2.18. The second-order valence-corrected chi connectivity index (χ2v) is 6.90. The lowest BCUT2D eigenvalue weighted by molar-refractivity contribution is 0.601. The summed E-state index contributed by atoms with van der Waals surface area (Å²) in [5.74, 6) is 0. The molecule has 0 unspecified atom stereocenters. The molecular formula is C16H16N4O2S. The van der Waals surface area contributed by atoms with Crippen LogP contribution < -0.4 is 4.72 Å². The molecule has 0 radical (unpaired) electrons. The van der Waals surface area contributed by atoms with Gasteiger partial charge in [0.15, 0.2) is 0 Å². The van der Waals surface area contributed by atoms with Crippen LogP contribution in [0.5, 0.6) is 0 Å². The number of hydrogen-bond acceptors (Lipinski definition) is 4. The van der Waals surface area contributed by atoms with Gasteiger partial charge in [-0.25, -0.2) is 18.1 Å². The third-order valence-corrected chi connectivity index (χ3v) is 4.67. The van der Waals surface area contributed by atoms with Crippen molar-refractivity contribution in [2.24, 2.45) is 0 Å². The minimum absolute atomic E-state index is 0.249. The fourth-order valence-electron chi connectivity index (χ4n) is 2.23. The zero-order valence-corrected chi connectivity index (χ0v) is 13.4. The Morgan fingerprint density at radius 1 is 1.13 bits per heavy atom. The van der Waals surface area contributed by atoms with Crippen molar-refractivity contribution < 1.29 is 8.42 Å². The lowest BCUT2D eigenvalue weighted by Crippen LogP contribution is -2.13. The van der Waals surface area contributed by atoms with Crippen molar-refractivity contribution in [2.75, 3.05) is 4.72 Å². The molecule has 1 N–H and O–H groups in total. The number of hydrogen-bond donors (Lipinski definition) is 1. The number of benzene rings is 2. The van der Waals surface area contributed by atoms with Gasteiger partial charge in [-0.2, -0.15) is 5.10 Å². The van der Waals surface area contributed by atoms with Gasteiger partial charge >= 0.3 is 0 Å². The molecule has 118 valence electrons. The van der Waals surface area contributed by atoms with Gasteiger partial charge in [0.25, 0.3) is 10.0 Å². The predicted octanol–water partition coefficient (Wildman–Crippen LogP) is 2.44. The van der Waals surface area contributed by atoms with Gasteiger partial charge in [-0.15, -0.1) is 0 Å². The number of nitrogens with one attached hydrogen (secondary N) is 1. The van der Waals surface area contributed by atoms with Crippen LogP contribution in [0, 0.1) is 6.92 Å². The molecule has 0 atom stereocenters. The van der Waals surface area contributed by atoms with Crippen molar-refractivity contribution >= 4 is 15.7 Å². The zero-order valence-electron chi connectivity index (χ0n) is 12.5. The summed E-state index contributed by atoms with van der Waals surface area (Å²) in [6, 6.07) is 14.0. The number of aryl methyl sites for hydroxylation is 1. The Hall–Kier alpha value is -2.67. The van der Waals surface area contributed by atoms with E-state index >= 15 is 0 Å². The maximum Gasteiger partial charge on any atom is 0.261 e. The molecule has 0 fully saturated rings. The van der Waals surface area contributed by atoms with E-state index < -0.39 is 10.0 Å². The molecule has 7 heteroatoms. The van der Waals surface area contributed by atoms with E-state index in [1.807, 2.05) is 19.1 Å². The van der Waals surface area contributed by atoms with Crippen LogP contribution in [0.4, 0.5) is 5.69 Å². The number of rotatable bonds is 5. The van der Waals surface area contributed by atoms with Crippen LogP contribution in [0.1, 0.15) is 11.1 Å². The molecule has 3 rings (SSSR count). The average Bonchev–Trinajstić information content (AvgIpc) is 3.00. The van der Waals surface area contributed by atoms with Gasteiger partial charge in [0, 0.05) is 5.69 Å². The van der Waals surface area contributed by atoms with E-state index in [9.17, 15) is 8.42 Å². The van der Waals surface area contributed by atoms with Crippen molar-refractivity contribution in [2.45, 2.75) is 18.4 Å². The standard InChI is InChI=1S/C16H16N4O2S/c1-13-4-2-7-16(8-13)23(21,22)19-15-6-3-5-14(9-15)10-20-12-17-11-18-20/h2-9,11-12,19H,10H2,1H3. The number of sulfonamides is 1. The van der Waals surface area contributed by atoms with Crippen LogP contribution in [-0.4, -0.2) is 23.2 Å². The fourth-order valence-corrected chi connectivity index (χ4v) is 3.39. The summed E-state index contributed by atoms with van der Waals surface area (Å²) in [4.78, 5) is 4.14. The minimum atomic E-state index is -3.60. The monoisotopic (exact) mass is 328 g/mol. The van der Waals surface area contributed by atoms with Gasteiger partial charge in [-0.1, -0.05) is 24.3 Å². The molecular weight excluding hydrogens is 312 g/mol. The minimum Gasteiger partial charge on any atom is -0.280 e. The van der Waals surface area contributed by atoms with Gasteiger partial charge < -0.3 is 0 Å². The van der Waals surface area contributed by atoms with E-state index in [1.54, 1.807) is 47.4 Å². The number of aromatic nitrogens is 3. The normalized spacial score (nSPS) is 11.3. The van der Waals surface area contributed by atoms with Crippen LogP contribution >= 0.6 is 0 Å². The first-order valence-corrected chi connectivity index (χ1v) is 8.52. The molecule has 23 heavy (non-hydrogen) atoms. The Morgan fingerprint density at radius 3 is 2.70 bits per heavy atom. The molecule has 0 amide bonds. The molecule has 0 aliphatic heterocycles. The van der Waals surface area contributed by atoms with Crippen molar-refractivity contribution in [1.29, 1.82) is 0 Å². The number of anilines is 1. The van der Waals surface area contributed by atoms with Gasteiger partial charge in [-0.05, 0) is 42.3 Å². The van der Waals surface area contributed by atoms with E-state index in [0.29, 0.717) is 12.2 Å². The van der Waals surface area contributed by atoms with E-state index in [2.05, 4.69) is 14.8 Å². The van der Waals surface area contributed by atoms with Gasteiger partial charge in [0.05, 0.1) is 11.4 Å². The first-order valence-electron chi connectivity index (χ1n) is 7.04. The molecule has 0 spiro atoms. The van der Waals surface area contributed by atoms with Gasteiger partial charge in [-0.3, -0.25) is 4.72 Å². The highest BCUT2D eigenvalue weighted by atomic mass is 32.2. The lowest BCUT2D eigenvalue weighted by atomic mass is 10.2. The number of nitrogens with zero attached hydrogens (tertiary/aromatic N) is 3. The Kier molecular flexibility index (Phi) is 4.12. The van der Waals surface area contributed by atoms with Crippen LogP contribution in [0.3, 0.4) is 0 Å². The van der Waals surface area contributed by atoms with Crippen molar-refractivity contribution in [3.63, 3.8) is 0 Å². The van der Waals surface area contributed by atoms with Gasteiger partial charge in [0.1, 0.15) is 12.7 Å². The van der Waals surface area contributed by atoms with E-state index in [4.69, 9.17) is 0 Å². The van der Waals surface area contributed by atoms with E-state index in [-0.39, 0.29) is 4.90 Å². The molecule has 3 aromatic rings. The summed E-state index contributed by atoms with van der Waals surface area (Å²) in [5.41, 5.74) is 2.34. The zero-order chi connectivity index (χ0) is 16.3. The topological polar surface area (TPSA) is 76.9 Å². The fraction of sp³-hybridized carbons (Fsp3) is 0.125. The summed E-state index contributed by atoms with van der Waals surface area (Å²) in [6.45, 7) is 2.39. The largest absolute Gasteiger partial charge is 0.280 e. The van der Waals surface area contributed by atoms with Crippen molar-refractivity contribution in [1.82, 2.24) is 14.8 Å². The third kappa shape index (κ3) is 3.75. The quantitative estimate of drug-likeness (QED) is 0.780. The molecule has 0 aliphatic rings. The Bertz CT molecular complexity index is 905. The first kappa shape index (κ1) is 15.2. The van der Waals surface area contributed by atoms with Gasteiger partial charge in [0.2, 0.25) is 0 Å². The molecule has 1 aromatic heterocycles. The van der Waals surface area contributed by atoms with Crippen LogP contribution in [0.2, 0.25) is 0 Å². The van der Waals surface area contributed by atoms with Crippen LogP contribution in [0.25, 0.3) is 0 Å². The molecule has 0 aliphatic carbocycles. The first-order chi connectivity index (χ1) is 11.0. The summed E-state index contributed by atoms with van der Waals surface area (Å²) in [5, 5.41) is 4.04. The third-order valence-electron chi connectivity index (χ3n) is 3.29. The smallest absolute Gasteiger partial charge is 0.261 e. The highest BCUT2D eigenvalue weighted by molar-refractivity contribution is 7.92. The Morgan fingerprint density at radius 2 is 1.96 bits per heavy atom. The molecule has 6 nitrogen and oxygen atoms in total. The van der Waals surface area contributed by atoms with Crippen molar-refractivity contribution in [3.8, 4) is 0 Å². The summed E-state index contributed by atoms with van der Waals surface area (Å²) < 4.78 is 29.2. The van der Waals surface area contributed by atoms with Crippen LogP contribution in [-0.2, 0) is 16.6 Å². The SMILES string of the molecule is Cc1cccc(S(=O)(=O)Nc2cccc(Cn3cncn3)c2)c1. The molecule has 0 saturated heterocycles. The maximum atomic E-state index is 12.4. The molecule has 2 aromatic carbocycles. The van der Waals surface area contributed by atoms with Crippen molar-refractivity contribution in [3.05, 3.63) is 72.3 Å². The summed E-state index contributed by atoms with van der Waals surface area (Å²) in [6.07, 6.45) is 3.08. The molecule has 0 saturated carbocycles. The molecule has 0 bridgehead atoms. The lowest BCUT2D eigenvalue weighted by Gasteiger charge is -2.10. The van der Waals surface area contributed by atoms with E-state index in [1.165, 1.54) is 6.33 Å². The summed E-state index contributed by atoms with van der Waals surface area (Å²) >= 11 is 0.